The Bertz CT molecular complexity index is 987. The molecule has 1 atom stereocenters. The Morgan fingerprint density at radius 3 is 2.89 bits per heavy atom. The van der Waals surface area contributed by atoms with Crippen molar-refractivity contribution >= 4 is 16.7 Å². The van der Waals surface area contributed by atoms with E-state index in [0.717, 1.165) is 54.8 Å². The fourth-order valence-corrected chi connectivity index (χ4v) is 3.78. The molecule has 0 saturated carbocycles. The van der Waals surface area contributed by atoms with Gasteiger partial charge in [-0.1, -0.05) is 19.1 Å². The number of fused-ring (bicyclic) bond motifs is 1. The Kier molecular flexibility index (Phi) is 5.13. The van der Waals surface area contributed by atoms with Crippen molar-refractivity contribution in [2.45, 2.75) is 32.7 Å². The zero-order valence-electron chi connectivity index (χ0n) is 16.2. The molecule has 5 nitrogen and oxygen atoms in total. The third-order valence-electron chi connectivity index (χ3n) is 5.22. The Labute approximate surface area is 164 Å². The lowest BCUT2D eigenvalue weighted by Crippen LogP contribution is -2.33. The van der Waals surface area contributed by atoms with E-state index in [2.05, 4.69) is 22.1 Å². The highest BCUT2D eigenvalue weighted by molar-refractivity contribution is 5.92. The molecule has 0 spiro atoms. The minimum absolute atomic E-state index is 0.0482. The molecule has 1 aliphatic rings. The van der Waals surface area contributed by atoms with Crippen molar-refractivity contribution in [1.82, 2.24) is 15.3 Å². The van der Waals surface area contributed by atoms with Crippen LogP contribution in [0, 0.1) is 12.7 Å². The Morgan fingerprint density at radius 2 is 2.11 bits per heavy atom. The highest BCUT2D eigenvalue weighted by atomic mass is 19.1. The van der Waals surface area contributed by atoms with E-state index in [0.29, 0.717) is 6.04 Å². The van der Waals surface area contributed by atoms with Gasteiger partial charge < -0.3 is 15.3 Å². The standard InChI is InChI=1S/C22H25FN4O/c1-3-10-24-15-9-11-27(13-15)22-16-8-7-14(2)12-18(16)25-21(26-22)20-17(23)5-4-6-19(20)28/h4-8,12,15,24,28H,3,9-11,13H2,1-2H3. The molecule has 146 valence electrons. The van der Waals surface area contributed by atoms with Crippen LogP contribution in [0.5, 0.6) is 5.75 Å². The number of phenolic OH excluding ortho intramolecular Hbond substituents is 1. The zero-order chi connectivity index (χ0) is 19.7. The molecule has 1 fully saturated rings. The number of anilines is 1. The zero-order valence-corrected chi connectivity index (χ0v) is 16.2. The molecule has 6 heteroatoms. The predicted octanol–water partition coefficient (Wildman–Crippen LogP) is 4.03. The number of hydrogen-bond donors (Lipinski definition) is 2. The van der Waals surface area contributed by atoms with Gasteiger partial charge >= 0.3 is 0 Å². The molecule has 0 amide bonds. The van der Waals surface area contributed by atoms with Crippen molar-refractivity contribution in [2.75, 3.05) is 24.5 Å². The van der Waals surface area contributed by atoms with Gasteiger partial charge in [0.1, 0.15) is 17.4 Å². The average Bonchev–Trinajstić information content (AvgIpc) is 3.14. The van der Waals surface area contributed by atoms with E-state index in [-0.39, 0.29) is 17.1 Å². The summed E-state index contributed by atoms with van der Waals surface area (Å²) in [6, 6.07) is 10.7. The number of hydrogen-bond acceptors (Lipinski definition) is 5. The van der Waals surface area contributed by atoms with Crippen molar-refractivity contribution in [2.24, 2.45) is 0 Å². The molecule has 1 aromatic heterocycles. The van der Waals surface area contributed by atoms with Gasteiger partial charge in [-0.15, -0.1) is 0 Å². The predicted molar refractivity (Wildman–Crippen MR) is 110 cm³/mol. The fourth-order valence-electron chi connectivity index (χ4n) is 3.78. The van der Waals surface area contributed by atoms with E-state index in [4.69, 9.17) is 4.98 Å². The summed E-state index contributed by atoms with van der Waals surface area (Å²) in [5.41, 5.74) is 1.88. The van der Waals surface area contributed by atoms with Crippen LogP contribution in [0.4, 0.5) is 10.2 Å². The summed E-state index contributed by atoms with van der Waals surface area (Å²) in [5.74, 6) is 0.334. The number of aryl methyl sites for hydroxylation is 1. The van der Waals surface area contributed by atoms with Crippen LogP contribution in [0.3, 0.4) is 0 Å². The monoisotopic (exact) mass is 380 g/mol. The van der Waals surface area contributed by atoms with Crippen LogP contribution in [-0.4, -0.2) is 40.8 Å². The summed E-state index contributed by atoms with van der Waals surface area (Å²) in [5, 5.41) is 14.7. The highest BCUT2D eigenvalue weighted by Gasteiger charge is 2.26. The average molecular weight is 380 g/mol. The van der Waals surface area contributed by atoms with Gasteiger partial charge in [-0.3, -0.25) is 0 Å². The quantitative estimate of drug-likeness (QED) is 0.700. The van der Waals surface area contributed by atoms with Crippen molar-refractivity contribution in [3.8, 4) is 17.1 Å². The van der Waals surface area contributed by atoms with E-state index >= 15 is 0 Å². The summed E-state index contributed by atoms with van der Waals surface area (Å²) >= 11 is 0. The van der Waals surface area contributed by atoms with Crippen molar-refractivity contribution in [1.29, 1.82) is 0 Å². The minimum atomic E-state index is -0.526. The fraction of sp³-hybridized carbons (Fsp3) is 0.364. The van der Waals surface area contributed by atoms with E-state index in [1.807, 2.05) is 25.1 Å². The van der Waals surface area contributed by atoms with Crippen molar-refractivity contribution in [3.05, 3.63) is 47.8 Å². The van der Waals surface area contributed by atoms with Crippen LogP contribution >= 0.6 is 0 Å². The first-order valence-electron chi connectivity index (χ1n) is 9.81. The first-order chi connectivity index (χ1) is 13.6. The maximum absolute atomic E-state index is 14.5. The van der Waals surface area contributed by atoms with Crippen LogP contribution in [0.25, 0.3) is 22.3 Å². The molecule has 1 saturated heterocycles. The van der Waals surface area contributed by atoms with Crippen molar-refractivity contribution in [3.63, 3.8) is 0 Å². The molecule has 2 heterocycles. The highest BCUT2D eigenvalue weighted by Crippen LogP contribution is 2.34. The van der Waals surface area contributed by atoms with Gasteiger partial charge in [-0.05, 0) is 56.1 Å². The van der Waals surface area contributed by atoms with E-state index in [1.54, 1.807) is 0 Å². The molecule has 1 aliphatic heterocycles. The van der Waals surface area contributed by atoms with Crippen molar-refractivity contribution < 1.29 is 9.50 Å². The summed E-state index contributed by atoms with van der Waals surface area (Å²) < 4.78 is 14.5. The second-order valence-corrected chi connectivity index (χ2v) is 7.41. The van der Waals surface area contributed by atoms with E-state index in [1.165, 1.54) is 18.2 Å². The SMILES string of the molecule is CCCNC1CCN(c2nc(-c3c(O)cccc3F)nc3cc(C)ccc23)C1. The normalized spacial score (nSPS) is 16.8. The van der Waals surface area contributed by atoms with Crippen LogP contribution in [-0.2, 0) is 0 Å². The Balaban J connectivity index is 1.81. The summed E-state index contributed by atoms with van der Waals surface area (Å²) in [7, 11) is 0. The Morgan fingerprint density at radius 1 is 1.25 bits per heavy atom. The summed E-state index contributed by atoms with van der Waals surface area (Å²) in [6.45, 7) is 6.89. The number of nitrogens with zero attached hydrogens (tertiary/aromatic N) is 3. The smallest absolute Gasteiger partial charge is 0.168 e. The van der Waals surface area contributed by atoms with Crippen LogP contribution in [0.15, 0.2) is 36.4 Å². The largest absolute Gasteiger partial charge is 0.507 e. The minimum Gasteiger partial charge on any atom is -0.507 e. The number of phenols is 1. The first-order valence-corrected chi connectivity index (χ1v) is 9.81. The lowest BCUT2D eigenvalue weighted by Gasteiger charge is -2.21. The topological polar surface area (TPSA) is 61.3 Å². The Hall–Kier alpha value is -2.73. The van der Waals surface area contributed by atoms with Crippen LogP contribution in [0.1, 0.15) is 25.3 Å². The summed E-state index contributed by atoms with van der Waals surface area (Å²) in [4.78, 5) is 11.5. The molecule has 2 N–H and O–H groups in total. The number of halogens is 1. The maximum Gasteiger partial charge on any atom is 0.168 e. The molecule has 1 unspecified atom stereocenters. The van der Waals surface area contributed by atoms with Gasteiger partial charge in [-0.25, -0.2) is 14.4 Å². The van der Waals surface area contributed by atoms with Crippen LogP contribution in [0.2, 0.25) is 0 Å². The summed E-state index contributed by atoms with van der Waals surface area (Å²) in [6.07, 6.45) is 2.14. The maximum atomic E-state index is 14.5. The van der Waals surface area contributed by atoms with E-state index in [9.17, 15) is 9.50 Å². The number of aromatic hydroxyl groups is 1. The van der Waals surface area contributed by atoms with Gasteiger partial charge in [0.05, 0.1) is 11.1 Å². The number of rotatable bonds is 5. The molecule has 0 aliphatic carbocycles. The van der Waals surface area contributed by atoms with Crippen LogP contribution < -0.4 is 10.2 Å². The molecule has 3 aromatic rings. The number of nitrogens with one attached hydrogen (secondary N) is 1. The second kappa shape index (κ2) is 7.72. The van der Waals surface area contributed by atoms with Gasteiger partial charge in [-0.2, -0.15) is 0 Å². The van der Waals surface area contributed by atoms with Gasteiger partial charge in [0, 0.05) is 24.5 Å². The first kappa shape index (κ1) is 18.6. The number of benzene rings is 2. The van der Waals surface area contributed by atoms with Gasteiger partial charge in [0.25, 0.3) is 0 Å². The molecular formula is C22H25FN4O. The molecule has 0 bridgehead atoms. The molecular weight excluding hydrogens is 355 g/mol. The third-order valence-corrected chi connectivity index (χ3v) is 5.22. The third kappa shape index (κ3) is 3.52. The molecule has 0 radical (unpaired) electrons. The van der Waals surface area contributed by atoms with E-state index < -0.39 is 5.82 Å². The lowest BCUT2D eigenvalue weighted by atomic mass is 10.1. The molecule has 4 rings (SSSR count). The lowest BCUT2D eigenvalue weighted by molar-refractivity contribution is 0.471. The van der Waals surface area contributed by atoms with Gasteiger partial charge in [0.15, 0.2) is 5.82 Å². The molecule has 2 aromatic carbocycles. The molecule has 28 heavy (non-hydrogen) atoms. The number of aromatic nitrogens is 2. The second-order valence-electron chi connectivity index (χ2n) is 7.41. The van der Waals surface area contributed by atoms with Gasteiger partial charge in [0.2, 0.25) is 0 Å².